The first-order chi connectivity index (χ1) is 9.26. The zero-order chi connectivity index (χ0) is 13.4. The second-order valence-electron chi connectivity index (χ2n) is 4.66. The second-order valence-corrected chi connectivity index (χ2v) is 4.66. The van der Waals surface area contributed by atoms with Gasteiger partial charge in [-0.3, -0.25) is 0 Å². The summed E-state index contributed by atoms with van der Waals surface area (Å²) in [4.78, 5) is 16.4. The minimum Gasteiger partial charge on any atom is -0.461 e. The molecule has 0 spiro atoms. The molecule has 0 radical (unpaired) electrons. The number of hydrogen-bond donors (Lipinski definition) is 1. The lowest BCUT2D eigenvalue weighted by atomic mass is 10.1. The molecule has 3 heterocycles. The van der Waals surface area contributed by atoms with Crippen molar-refractivity contribution in [2.24, 2.45) is 0 Å². The van der Waals surface area contributed by atoms with Gasteiger partial charge in [0.05, 0.1) is 18.2 Å². The molecule has 2 aromatic heterocycles. The number of esters is 1. The Bertz CT molecular complexity index is 633. The SMILES string of the molecule is CCOC(=O)c1cc2ccnc3c2n1C(CC)CN3. The molecule has 0 aliphatic carbocycles. The molecule has 0 saturated carbocycles. The largest absolute Gasteiger partial charge is 0.461 e. The van der Waals surface area contributed by atoms with Gasteiger partial charge in [-0.15, -0.1) is 0 Å². The number of rotatable bonds is 3. The average molecular weight is 259 g/mol. The van der Waals surface area contributed by atoms with E-state index in [2.05, 4.69) is 21.8 Å². The molecule has 100 valence electrons. The third kappa shape index (κ3) is 1.77. The van der Waals surface area contributed by atoms with E-state index in [4.69, 9.17) is 4.74 Å². The average Bonchev–Trinajstić information content (AvgIpc) is 2.82. The maximum atomic E-state index is 12.1. The highest BCUT2D eigenvalue weighted by atomic mass is 16.5. The van der Waals surface area contributed by atoms with Crippen LogP contribution in [0.5, 0.6) is 0 Å². The first-order valence-corrected chi connectivity index (χ1v) is 6.67. The van der Waals surface area contributed by atoms with Crippen LogP contribution in [-0.2, 0) is 4.74 Å². The van der Waals surface area contributed by atoms with Crippen molar-refractivity contribution in [2.75, 3.05) is 18.5 Å². The summed E-state index contributed by atoms with van der Waals surface area (Å²) in [5.74, 6) is 0.586. The van der Waals surface area contributed by atoms with Crippen molar-refractivity contribution in [1.29, 1.82) is 0 Å². The van der Waals surface area contributed by atoms with Gasteiger partial charge >= 0.3 is 5.97 Å². The highest BCUT2D eigenvalue weighted by molar-refractivity contribution is 5.99. The minimum absolute atomic E-state index is 0.258. The molecule has 1 N–H and O–H groups in total. The van der Waals surface area contributed by atoms with E-state index >= 15 is 0 Å². The van der Waals surface area contributed by atoms with Crippen molar-refractivity contribution in [2.45, 2.75) is 26.3 Å². The van der Waals surface area contributed by atoms with E-state index in [0.29, 0.717) is 12.3 Å². The first kappa shape index (κ1) is 12.0. The van der Waals surface area contributed by atoms with Crippen LogP contribution in [0, 0.1) is 0 Å². The summed E-state index contributed by atoms with van der Waals surface area (Å²) in [5, 5.41) is 4.35. The summed E-state index contributed by atoms with van der Waals surface area (Å²) in [6, 6.07) is 4.08. The summed E-state index contributed by atoms with van der Waals surface area (Å²) < 4.78 is 7.23. The Morgan fingerprint density at radius 3 is 3.16 bits per heavy atom. The molecular formula is C14H17N3O2. The smallest absolute Gasteiger partial charge is 0.354 e. The third-order valence-electron chi connectivity index (χ3n) is 3.57. The van der Waals surface area contributed by atoms with Crippen LogP contribution in [0.2, 0.25) is 0 Å². The molecule has 1 aliphatic heterocycles. The van der Waals surface area contributed by atoms with Crippen molar-refractivity contribution in [3.8, 4) is 0 Å². The number of anilines is 1. The third-order valence-corrected chi connectivity index (χ3v) is 3.57. The van der Waals surface area contributed by atoms with Crippen LogP contribution >= 0.6 is 0 Å². The Balaban J connectivity index is 2.24. The van der Waals surface area contributed by atoms with Crippen molar-refractivity contribution in [3.05, 3.63) is 24.0 Å². The molecule has 19 heavy (non-hydrogen) atoms. The predicted molar refractivity (Wildman–Crippen MR) is 73.5 cm³/mol. The summed E-state index contributed by atoms with van der Waals surface area (Å²) in [6.45, 7) is 5.12. The number of carbonyl (C=O) groups is 1. The molecule has 0 amide bonds. The molecular weight excluding hydrogens is 242 g/mol. The van der Waals surface area contributed by atoms with Gasteiger partial charge in [0, 0.05) is 18.1 Å². The molecule has 0 saturated heterocycles. The van der Waals surface area contributed by atoms with Gasteiger partial charge in [-0.2, -0.15) is 0 Å². The predicted octanol–water partition coefficient (Wildman–Crippen LogP) is 2.59. The molecule has 0 bridgehead atoms. The maximum absolute atomic E-state index is 12.1. The molecule has 5 nitrogen and oxygen atoms in total. The zero-order valence-corrected chi connectivity index (χ0v) is 11.1. The number of nitrogens with zero attached hydrogens (tertiary/aromatic N) is 2. The van der Waals surface area contributed by atoms with E-state index in [1.165, 1.54) is 0 Å². The van der Waals surface area contributed by atoms with Crippen molar-refractivity contribution in [3.63, 3.8) is 0 Å². The molecule has 1 unspecified atom stereocenters. The van der Waals surface area contributed by atoms with Crippen LogP contribution in [0.3, 0.4) is 0 Å². The van der Waals surface area contributed by atoms with E-state index < -0.39 is 0 Å². The maximum Gasteiger partial charge on any atom is 0.354 e. The molecule has 0 aromatic carbocycles. The number of ether oxygens (including phenoxy) is 1. The summed E-state index contributed by atoms with van der Waals surface area (Å²) >= 11 is 0. The number of hydrogen-bond acceptors (Lipinski definition) is 4. The molecule has 5 heteroatoms. The van der Waals surface area contributed by atoms with Crippen LogP contribution in [0.25, 0.3) is 10.9 Å². The number of carbonyl (C=O) groups excluding carboxylic acids is 1. The molecule has 2 aromatic rings. The van der Waals surface area contributed by atoms with Crippen molar-refractivity contribution in [1.82, 2.24) is 9.55 Å². The highest BCUT2D eigenvalue weighted by Crippen LogP contribution is 2.33. The second kappa shape index (κ2) is 4.57. The Hall–Kier alpha value is -2.04. The van der Waals surface area contributed by atoms with Gasteiger partial charge in [-0.1, -0.05) is 6.92 Å². The monoisotopic (exact) mass is 259 g/mol. The van der Waals surface area contributed by atoms with E-state index in [9.17, 15) is 4.79 Å². The minimum atomic E-state index is -0.259. The standard InChI is InChI=1S/C14H17N3O2/c1-3-10-8-16-13-12-9(5-6-15-13)7-11(17(10)12)14(18)19-4-2/h5-7,10H,3-4,8H2,1-2H3,(H,15,16). The van der Waals surface area contributed by atoms with E-state index in [1.54, 1.807) is 6.20 Å². The number of pyridine rings is 1. The van der Waals surface area contributed by atoms with Crippen LogP contribution in [-0.4, -0.2) is 28.7 Å². The number of nitrogens with one attached hydrogen (secondary N) is 1. The molecule has 1 atom stereocenters. The van der Waals surface area contributed by atoms with Crippen molar-refractivity contribution >= 4 is 22.7 Å². The lowest BCUT2D eigenvalue weighted by molar-refractivity contribution is 0.0512. The van der Waals surface area contributed by atoms with Crippen LogP contribution in [0.4, 0.5) is 5.82 Å². The van der Waals surface area contributed by atoms with Gasteiger partial charge in [0.25, 0.3) is 0 Å². The van der Waals surface area contributed by atoms with Gasteiger partial charge in [0.2, 0.25) is 0 Å². The lowest BCUT2D eigenvalue weighted by Crippen LogP contribution is -2.26. The van der Waals surface area contributed by atoms with Gasteiger partial charge in [0.15, 0.2) is 5.82 Å². The normalized spacial score (nSPS) is 17.3. The Kier molecular flexibility index (Phi) is 2.89. The summed E-state index contributed by atoms with van der Waals surface area (Å²) in [5.41, 5.74) is 1.63. The number of aromatic nitrogens is 2. The Morgan fingerprint density at radius 2 is 2.42 bits per heavy atom. The van der Waals surface area contributed by atoms with Crippen LogP contribution in [0.15, 0.2) is 18.3 Å². The fraction of sp³-hybridized carbons (Fsp3) is 0.429. The van der Waals surface area contributed by atoms with Gasteiger partial charge < -0.3 is 14.6 Å². The fourth-order valence-corrected chi connectivity index (χ4v) is 2.68. The Morgan fingerprint density at radius 1 is 1.58 bits per heavy atom. The topological polar surface area (TPSA) is 56.1 Å². The van der Waals surface area contributed by atoms with Gasteiger partial charge in [0.1, 0.15) is 5.69 Å². The van der Waals surface area contributed by atoms with Crippen molar-refractivity contribution < 1.29 is 9.53 Å². The van der Waals surface area contributed by atoms with E-state index in [1.807, 2.05) is 19.1 Å². The highest BCUT2D eigenvalue weighted by Gasteiger charge is 2.27. The zero-order valence-electron chi connectivity index (χ0n) is 11.1. The molecule has 0 fully saturated rings. The molecule has 1 aliphatic rings. The van der Waals surface area contributed by atoms with Crippen LogP contribution in [0.1, 0.15) is 36.8 Å². The Labute approximate surface area is 111 Å². The lowest BCUT2D eigenvalue weighted by Gasteiger charge is -2.26. The summed E-state index contributed by atoms with van der Waals surface area (Å²) in [6.07, 6.45) is 2.72. The quantitative estimate of drug-likeness (QED) is 0.861. The van der Waals surface area contributed by atoms with Gasteiger partial charge in [-0.25, -0.2) is 9.78 Å². The van der Waals surface area contributed by atoms with E-state index in [-0.39, 0.29) is 12.0 Å². The first-order valence-electron chi connectivity index (χ1n) is 6.67. The fourth-order valence-electron chi connectivity index (χ4n) is 2.68. The van der Waals surface area contributed by atoms with E-state index in [0.717, 1.165) is 29.7 Å². The summed E-state index contributed by atoms with van der Waals surface area (Å²) in [7, 11) is 0. The van der Waals surface area contributed by atoms with Crippen LogP contribution < -0.4 is 5.32 Å². The molecule has 3 rings (SSSR count). The van der Waals surface area contributed by atoms with Gasteiger partial charge in [-0.05, 0) is 25.5 Å².